The quantitative estimate of drug-likeness (QED) is 0.156. The lowest BCUT2D eigenvalue weighted by Gasteiger charge is -2.30. The van der Waals surface area contributed by atoms with Gasteiger partial charge in [-0.2, -0.15) is 13.4 Å². The molecule has 0 N–H and O–H groups in total. The monoisotopic (exact) mass is 606 g/mol. The average Bonchev–Trinajstić information content (AvgIpc) is 3.22. The summed E-state index contributed by atoms with van der Waals surface area (Å²) in [6.45, 7) is 3.02. The second kappa shape index (κ2) is 11.5. The number of ketones is 1. The van der Waals surface area contributed by atoms with E-state index in [1.165, 1.54) is 48.5 Å². The highest BCUT2D eigenvalue weighted by Crippen LogP contribution is 2.39. The molecular weight excluding hydrogens is 580 g/mol. The third kappa shape index (κ3) is 5.60. The van der Waals surface area contributed by atoms with Gasteiger partial charge in [0.2, 0.25) is 0 Å². The molecular formula is C31H27ClN2O7S. The molecule has 0 bridgehead atoms. The van der Waals surface area contributed by atoms with Crippen LogP contribution in [0.2, 0.25) is 5.02 Å². The molecule has 1 saturated heterocycles. The van der Waals surface area contributed by atoms with Crippen molar-refractivity contribution < 1.29 is 31.8 Å². The Hall–Kier alpha value is -4.28. The van der Waals surface area contributed by atoms with Gasteiger partial charge in [0.15, 0.2) is 5.78 Å². The first-order valence-electron chi connectivity index (χ1n) is 13.2. The van der Waals surface area contributed by atoms with Gasteiger partial charge in [0, 0.05) is 5.56 Å². The molecule has 11 heteroatoms. The zero-order valence-corrected chi connectivity index (χ0v) is 24.3. The zero-order chi connectivity index (χ0) is 30.2. The van der Waals surface area contributed by atoms with Crippen molar-refractivity contribution in [3.05, 3.63) is 107 Å². The molecule has 1 aliphatic carbocycles. The molecule has 42 heavy (non-hydrogen) atoms. The van der Waals surface area contributed by atoms with Crippen molar-refractivity contribution in [2.75, 3.05) is 6.54 Å². The van der Waals surface area contributed by atoms with E-state index >= 15 is 0 Å². The van der Waals surface area contributed by atoms with Crippen molar-refractivity contribution >= 4 is 45.2 Å². The smallest absolute Gasteiger partial charge is 0.339 e. The first-order chi connectivity index (χ1) is 20.0. The third-order valence-corrected chi connectivity index (χ3v) is 9.01. The lowest BCUT2D eigenvalue weighted by molar-refractivity contribution is -0.154. The lowest BCUT2D eigenvalue weighted by Crippen LogP contribution is -2.52. The van der Waals surface area contributed by atoms with Crippen LogP contribution < -0.4 is 4.18 Å². The van der Waals surface area contributed by atoms with Gasteiger partial charge in [-0.3, -0.25) is 19.2 Å². The van der Waals surface area contributed by atoms with Crippen LogP contribution in [0.5, 0.6) is 5.75 Å². The summed E-state index contributed by atoms with van der Waals surface area (Å²) in [6.07, 6.45) is 4.06. The van der Waals surface area contributed by atoms with Crippen LogP contribution in [0.1, 0.15) is 39.6 Å². The van der Waals surface area contributed by atoms with Crippen LogP contribution in [-0.2, 0) is 19.7 Å². The fourth-order valence-corrected chi connectivity index (χ4v) is 6.33. The lowest BCUT2D eigenvalue weighted by atomic mass is 9.78. The minimum Gasteiger partial charge on any atom is -0.379 e. The molecule has 3 amide bonds. The predicted molar refractivity (Wildman–Crippen MR) is 154 cm³/mol. The molecule has 1 fully saturated rings. The van der Waals surface area contributed by atoms with E-state index in [9.17, 15) is 27.6 Å². The molecule has 1 heterocycles. The van der Waals surface area contributed by atoms with E-state index in [2.05, 4.69) is 0 Å². The van der Waals surface area contributed by atoms with Crippen LogP contribution in [0.25, 0.3) is 0 Å². The number of benzene rings is 3. The number of nitrogens with zero attached hydrogens (tertiary/aromatic N) is 2. The number of allylic oxidation sites excluding steroid dienone is 2. The Morgan fingerprint density at radius 3 is 2.29 bits per heavy atom. The number of aryl methyl sites for hydroxylation is 1. The van der Waals surface area contributed by atoms with Crippen LogP contribution in [0.15, 0.2) is 89.8 Å². The summed E-state index contributed by atoms with van der Waals surface area (Å²) in [5.74, 6) is -4.01. The molecule has 216 valence electrons. The second-order valence-electron chi connectivity index (χ2n) is 10.3. The largest absolute Gasteiger partial charge is 0.379 e. The number of carbonyl (C=O) groups excluding carboxylic acids is 4. The van der Waals surface area contributed by atoms with E-state index in [1.807, 2.05) is 26.0 Å². The molecule has 3 aromatic rings. The Morgan fingerprint density at radius 1 is 0.976 bits per heavy atom. The fourth-order valence-electron chi connectivity index (χ4n) is 5.18. The number of hydrogen-bond acceptors (Lipinski definition) is 7. The number of Topliss-reactive ketones (excluding diaryl/α,β-unsaturated/α-hetero) is 1. The molecule has 3 atom stereocenters. The Bertz CT molecular complexity index is 1700. The van der Waals surface area contributed by atoms with Crippen LogP contribution in [0, 0.1) is 24.7 Å². The maximum Gasteiger partial charge on any atom is 0.339 e. The van der Waals surface area contributed by atoms with Gasteiger partial charge in [0.25, 0.3) is 17.7 Å². The highest BCUT2D eigenvalue weighted by Gasteiger charge is 2.53. The summed E-state index contributed by atoms with van der Waals surface area (Å²) in [4.78, 5) is 54.1. The number of halogens is 1. The normalized spacial score (nSPS) is 19.9. The Kier molecular flexibility index (Phi) is 8.03. The van der Waals surface area contributed by atoms with E-state index in [0.717, 1.165) is 15.6 Å². The highest BCUT2D eigenvalue weighted by atomic mass is 35.5. The van der Waals surface area contributed by atoms with Gasteiger partial charge in [0.05, 0.1) is 22.4 Å². The summed E-state index contributed by atoms with van der Waals surface area (Å²) in [5.41, 5.74) is 1.03. The van der Waals surface area contributed by atoms with Crippen LogP contribution in [-0.4, -0.2) is 48.5 Å². The SMILES string of the molecule is Cc1ccc(S(=O)(=O)Oc2ccc(C(=O)CN(C(=O)c3ccccc3Cl)N3C(=O)[C@@H]4[C@H](C)C=CC[C@H]4C3=O)cc2)cc1. The first kappa shape index (κ1) is 29.2. The standard InChI is InChI=1S/C31H27ClN2O7S/c1-19-10-16-23(17-11-19)42(39,40)41-22-14-12-21(13-15-22)27(35)18-33(29(36)24-7-3-4-9-26(24)32)34-30(37)25-8-5-6-20(2)28(25)31(34)38/h3-7,9-17,20,25,28H,8,18H2,1-2H3/t20-,25-,28-/m1/s1. The molecule has 3 aromatic carbocycles. The topological polar surface area (TPSA) is 118 Å². The molecule has 0 aromatic heterocycles. The Labute approximate surface area is 248 Å². The van der Waals surface area contributed by atoms with E-state index in [0.29, 0.717) is 6.42 Å². The molecule has 2 aliphatic rings. The summed E-state index contributed by atoms with van der Waals surface area (Å²) >= 11 is 6.27. The van der Waals surface area contributed by atoms with Crippen molar-refractivity contribution in [3.63, 3.8) is 0 Å². The van der Waals surface area contributed by atoms with E-state index in [-0.39, 0.29) is 32.7 Å². The molecule has 0 radical (unpaired) electrons. The number of fused-ring (bicyclic) bond motifs is 1. The Balaban J connectivity index is 1.40. The van der Waals surface area contributed by atoms with Crippen LogP contribution in [0.4, 0.5) is 0 Å². The number of amides is 3. The van der Waals surface area contributed by atoms with E-state index in [1.54, 1.807) is 24.3 Å². The molecule has 0 spiro atoms. The van der Waals surface area contributed by atoms with Crippen molar-refractivity contribution in [1.82, 2.24) is 10.0 Å². The van der Waals surface area contributed by atoms with Crippen molar-refractivity contribution in [1.29, 1.82) is 0 Å². The summed E-state index contributed by atoms with van der Waals surface area (Å²) < 4.78 is 30.5. The van der Waals surface area contributed by atoms with Crippen molar-refractivity contribution in [2.45, 2.75) is 25.2 Å². The number of rotatable bonds is 8. The maximum absolute atomic E-state index is 13.7. The number of hydrogen-bond donors (Lipinski definition) is 0. The van der Waals surface area contributed by atoms with Gasteiger partial charge in [-0.1, -0.05) is 60.5 Å². The van der Waals surface area contributed by atoms with Gasteiger partial charge in [0.1, 0.15) is 17.2 Å². The van der Waals surface area contributed by atoms with Crippen molar-refractivity contribution in [2.24, 2.45) is 17.8 Å². The van der Waals surface area contributed by atoms with Gasteiger partial charge in [-0.15, -0.1) is 0 Å². The van der Waals surface area contributed by atoms with Gasteiger partial charge < -0.3 is 4.18 Å². The van der Waals surface area contributed by atoms with Crippen molar-refractivity contribution in [3.8, 4) is 5.75 Å². The molecule has 9 nitrogen and oxygen atoms in total. The summed E-state index contributed by atoms with van der Waals surface area (Å²) in [5, 5.41) is 1.74. The minimum atomic E-state index is -4.10. The number of carbonyl (C=O) groups is 4. The maximum atomic E-state index is 13.7. The molecule has 1 aliphatic heterocycles. The van der Waals surface area contributed by atoms with Crippen LogP contribution in [0.3, 0.4) is 0 Å². The molecule has 5 rings (SSSR count). The first-order valence-corrected chi connectivity index (χ1v) is 15.0. The molecule has 0 unspecified atom stereocenters. The van der Waals surface area contributed by atoms with Crippen LogP contribution >= 0.6 is 11.6 Å². The van der Waals surface area contributed by atoms with Gasteiger partial charge >= 0.3 is 10.1 Å². The van der Waals surface area contributed by atoms with Gasteiger partial charge in [-0.05, 0) is 67.8 Å². The Morgan fingerprint density at radius 2 is 1.64 bits per heavy atom. The highest BCUT2D eigenvalue weighted by molar-refractivity contribution is 7.87. The van der Waals surface area contributed by atoms with Gasteiger partial charge in [-0.25, -0.2) is 5.01 Å². The predicted octanol–water partition coefficient (Wildman–Crippen LogP) is 4.85. The fraction of sp³-hybridized carbons (Fsp3) is 0.226. The third-order valence-electron chi connectivity index (χ3n) is 7.41. The van der Waals surface area contributed by atoms with E-state index in [4.69, 9.17) is 15.8 Å². The zero-order valence-electron chi connectivity index (χ0n) is 22.8. The summed E-state index contributed by atoms with van der Waals surface area (Å²) in [6, 6.07) is 17.6. The minimum absolute atomic E-state index is 0.0213. The average molecular weight is 607 g/mol. The number of imide groups is 1. The van der Waals surface area contributed by atoms with E-state index < -0.39 is 52.0 Å². The second-order valence-corrected chi connectivity index (χ2v) is 12.2. The number of hydrazine groups is 1. The summed E-state index contributed by atoms with van der Waals surface area (Å²) in [7, 11) is -4.10. The molecule has 0 saturated carbocycles.